The van der Waals surface area contributed by atoms with Crippen LogP contribution >= 0.6 is 0 Å². The van der Waals surface area contributed by atoms with E-state index in [0.717, 1.165) is 31.9 Å². The van der Waals surface area contributed by atoms with Crippen molar-refractivity contribution in [1.82, 2.24) is 14.9 Å². The summed E-state index contributed by atoms with van der Waals surface area (Å²) in [5.41, 5.74) is 0. The van der Waals surface area contributed by atoms with E-state index >= 15 is 0 Å². The van der Waals surface area contributed by atoms with Gasteiger partial charge in [0.05, 0.1) is 6.61 Å². The van der Waals surface area contributed by atoms with Crippen LogP contribution in [0.15, 0.2) is 18.5 Å². The van der Waals surface area contributed by atoms with Gasteiger partial charge in [0.2, 0.25) is 0 Å². The summed E-state index contributed by atoms with van der Waals surface area (Å²) < 4.78 is 5.13. The van der Waals surface area contributed by atoms with Crippen LogP contribution < -0.4 is 0 Å². The highest BCUT2D eigenvalue weighted by Crippen LogP contribution is 2.19. The van der Waals surface area contributed by atoms with Gasteiger partial charge in [-0.1, -0.05) is 0 Å². The van der Waals surface area contributed by atoms with Crippen LogP contribution in [0.1, 0.15) is 18.7 Å². The molecule has 17 heavy (non-hydrogen) atoms. The molecule has 1 aromatic rings. The van der Waals surface area contributed by atoms with Gasteiger partial charge in [0, 0.05) is 39.0 Å². The van der Waals surface area contributed by atoms with Crippen LogP contribution in [0.3, 0.4) is 0 Å². The van der Waals surface area contributed by atoms with Gasteiger partial charge in [-0.3, -0.25) is 0 Å². The Kier molecular flexibility index (Phi) is 4.88. The molecular weight excluding hydrogens is 214 g/mol. The first-order valence-electron chi connectivity index (χ1n) is 6.35. The Morgan fingerprint density at radius 3 is 3.00 bits per heavy atom. The third kappa shape index (κ3) is 4.06. The van der Waals surface area contributed by atoms with Gasteiger partial charge >= 0.3 is 0 Å². The lowest BCUT2D eigenvalue weighted by Gasteiger charge is -2.32. The number of likely N-dealkylation sites (tertiary alicyclic amines) is 1. The van der Waals surface area contributed by atoms with Gasteiger partial charge in [0.25, 0.3) is 0 Å². The maximum atomic E-state index is 5.13. The number of hydrogen-bond acceptors (Lipinski definition) is 4. The van der Waals surface area contributed by atoms with E-state index in [1.807, 2.05) is 18.5 Å². The molecule has 0 aliphatic carbocycles. The van der Waals surface area contributed by atoms with Crippen molar-refractivity contribution in [3.8, 4) is 0 Å². The van der Waals surface area contributed by atoms with E-state index in [2.05, 4.69) is 14.9 Å². The predicted octanol–water partition coefficient (Wildman–Crippen LogP) is 1.38. The number of hydrogen-bond donors (Lipinski definition) is 0. The molecule has 4 nitrogen and oxygen atoms in total. The maximum Gasteiger partial charge on any atom is 0.128 e. The molecule has 4 heteroatoms. The summed E-state index contributed by atoms with van der Waals surface area (Å²) >= 11 is 0. The zero-order valence-electron chi connectivity index (χ0n) is 10.5. The van der Waals surface area contributed by atoms with E-state index in [4.69, 9.17) is 4.74 Å². The predicted molar refractivity (Wildman–Crippen MR) is 66.8 cm³/mol. The van der Waals surface area contributed by atoms with Gasteiger partial charge in [0.1, 0.15) is 5.82 Å². The minimum atomic E-state index is 0.697. The van der Waals surface area contributed by atoms with Crippen molar-refractivity contribution in [3.05, 3.63) is 24.3 Å². The first-order chi connectivity index (χ1) is 8.38. The van der Waals surface area contributed by atoms with Gasteiger partial charge in [-0.2, -0.15) is 0 Å². The van der Waals surface area contributed by atoms with Crippen LogP contribution in [0.25, 0.3) is 0 Å². The lowest BCUT2D eigenvalue weighted by atomic mass is 9.94. The van der Waals surface area contributed by atoms with Crippen molar-refractivity contribution in [2.24, 2.45) is 5.92 Å². The second-order valence-corrected chi connectivity index (χ2v) is 4.67. The lowest BCUT2D eigenvalue weighted by molar-refractivity contribution is 0.114. The summed E-state index contributed by atoms with van der Waals surface area (Å²) in [4.78, 5) is 11.1. The summed E-state index contributed by atoms with van der Waals surface area (Å²) in [5, 5.41) is 0. The minimum Gasteiger partial charge on any atom is -0.383 e. The van der Waals surface area contributed by atoms with E-state index in [9.17, 15) is 0 Å². The van der Waals surface area contributed by atoms with E-state index in [1.165, 1.54) is 19.4 Å². The Labute approximate surface area is 103 Å². The fourth-order valence-electron chi connectivity index (χ4n) is 2.43. The molecule has 0 spiro atoms. The van der Waals surface area contributed by atoms with Crippen molar-refractivity contribution >= 4 is 0 Å². The summed E-state index contributed by atoms with van der Waals surface area (Å²) in [6.45, 7) is 4.23. The van der Waals surface area contributed by atoms with E-state index < -0.39 is 0 Å². The van der Waals surface area contributed by atoms with E-state index in [1.54, 1.807) is 7.11 Å². The van der Waals surface area contributed by atoms with Crippen molar-refractivity contribution in [2.45, 2.75) is 19.3 Å². The van der Waals surface area contributed by atoms with Crippen molar-refractivity contribution < 1.29 is 4.74 Å². The van der Waals surface area contributed by atoms with Crippen LogP contribution in [0.4, 0.5) is 0 Å². The largest absolute Gasteiger partial charge is 0.383 e. The summed E-state index contributed by atoms with van der Waals surface area (Å²) in [6, 6.07) is 1.87. The Hall–Kier alpha value is -1.00. The molecular formula is C13H21N3O. The SMILES string of the molecule is COCCN1CCC[C@H](Cc2ncccn2)C1. The molecule has 0 aromatic carbocycles. The van der Waals surface area contributed by atoms with Crippen LogP contribution in [-0.2, 0) is 11.2 Å². The second-order valence-electron chi connectivity index (χ2n) is 4.67. The smallest absolute Gasteiger partial charge is 0.128 e. The fourth-order valence-corrected chi connectivity index (χ4v) is 2.43. The Morgan fingerprint density at radius 2 is 2.24 bits per heavy atom. The molecule has 0 bridgehead atoms. The van der Waals surface area contributed by atoms with Gasteiger partial charge in [-0.15, -0.1) is 0 Å². The van der Waals surface area contributed by atoms with Gasteiger partial charge in [-0.25, -0.2) is 9.97 Å². The van der Waals surface area contributed by atoms with E-state index in [0.29, 0.717) is 5.92 Å². The number of rotatable bonds is 5. The zero-order chi connectivity index (χ0) is 11.9. The topological polar surface area (TPSA) is 38.2 Å². The molecule has 94 valence electrons. The van der Waals surface area contributed by atoms with Crippen molar-refractivity contribution in [2.75, 3.05) is 33.4 Å². The van der Waals surface area contributed by atoms with Crippen LogP contribution in [-0.4, -0.2) is 48.2 Å². The normalized spacial score (nSPS) is 21.6. The molecule has 1 atom stereocenters. The highest BCUT2D eigenvalue weighted by atomic mass is 16.5. The van der Waals surface area contributed by atoms with Crippen LogP contribution in [0.2, 0.25) is 0 Å². The molecule has 1 aliphatic rings. The Bertz CT molecular complexity index is 318. The molecule has 1 saturated heterocycles. The molecule has 0 unspecified atom stereocenters. The second kappa shape index (κ2) is 6.67. The number of ether oxygens (including phenoxy) is 1. The number of methoxy groups -OCH3 is 1. The first-order valence-corrected chi connectivity index (χ1v) is 6.35. The van der Waals surface area contributed by atoms with Crippen molar-refractivity contribution in [1.29, 1.82) is 0 Å². The summed E-state index contributed by atoms with van der Waals surface area (Å²) in [6.07, 6.45) is 7.23. The molecule has 2 heterocycles. The van der Waals surface area contributed by atoms with Gasteiger partial charge in [0.15, 0.2) is 0 Å². The highest BCUT2D eigenvalue weighted by molar-refractivity contribution is 4.91. The molecule has 0 saturated carbocycles. The Balaban J connectivity index is 1.81. The van der Waals surface area contributed by atoms with Crippen molar-refractivity contribution in [3.63, 3.8) is 0 Å². The van der Waals surface area contributed by atoms with Crippen LogP contribution in [0, 0.1) is 5.92 Å². The summed E-state index contributed by atoms with van der Waals surface area (Å²) in [7, 11) is 1.76. The molecule has 1 aliphatic heterocycles. The van der Waals surface area contributed by atoms with Crippen LogP contribution in [0.5, 0.6) is 0 Å². The quantitative estimate of drug-likeness (QED) is 0.773. The standard InChI is InChI=1S/C13H21N3O/c1-17-9-8-16-7-2-4-12(11-16)10-13-14-5-3-6-15-13/h3,5-6,12H,2,4,7-11H2,1H3/t12-/m1/s1. The number of piperidine rings is 1. The molecule has 0 N–H and O–H groups in total. The monoisotopic (exact) mass is 235 g/mol. The third-order valence-electron chi connectivity index (χ3n) is 3.31. The first kappa shape index (κ1) is 12.5. The molecule has 2 rings (SSSR count). The van der Waals surface area contributed by atoms with Gasteiger partial charge in [-0.05, 0) is 31.4 Å². The maximum absolute atomic E-state index is 5.13. The molecule has 0 radical (unpaired) electrons. The average Bonchev–Trinajstić information content (AvgIpc) is 2.38. The number of aromatic nitrogens is 2. The number of nitrogens with zero attached hydrogens (tertiary/aromatic N) is 3. The highest BCUT2D eigenvalue weighted by Gasteiger charge is 2.20. The Morgan fingerprint density at radius 1 is 1.41 bits per heavy atom. The zero-order valence-corrected chi connectivity index (χ0v) is 10.5. The minimum absolute atomic E-state index is 0.697. The molecule has 0 amide bonds. The molecule has 1 fully saturated rings. The third-order valence-corrected chi connectivity index (χ3v) is 3.31. The van der Waals surface area contributed by atoms with Gasteiger partial charge < -0.3 is 9.64 Å². The van der Waals surface area contributed by atoms with E-state index in [-0.39, 0.29) is 0 Å². The lowest BCUT2D eigenvalue weighted by Crippen LogP contribution is -2.38. The molecule has 1 aromatic heterocycles. The summed E-state index contributed by atoms with van der Waals surface area (Å²) in [5.74, 6) is 1.68. The average molecular weight is 235 g/mol. The fraction of sp³-hybridized carbons (Fsp3) is 0.692.